The molecule has 0 aliphatic carbocycles. The molecule has 4 nitrogen and oxygen atoms in total. The minimum Gasteiger partial charge on any atom is -0.328 e. The maximum atomic E-state index is 5.76. The number of rotatable bonds is 3. The Kier molecular flexibility index (Phi) is 3.36. The van der Waals surface area contributed by atoms with Gasteiger partial charge >= 0.3 is 0 Å². The van der Waals surface area contributed by atoms with E-state index in [0.29, 0.717) is 0 Å². The first-order valence-corrected chi connectivity index (χ1v) is 5.85. The molecule has 1 atom stereocenters. The maximum Gasteiger partial charge on any atom is 0.138 e. The van der Waals surface area contributed by atoms with E-state index >= 15 is 0 Å². The van der Waals surface area contributed by atoms with Crippen LogP contribution in [0.3, 0.4) is 0 Å². The Hall–Kier alpha value is -1.20. The van der Waals surface area contributed by atoms with Crippen molar-refractivity contribution >= 4 is 15.9 Å². The predicted molar refractivity (Wildman–Crippen MR) is 66.4 cm³/mol. The van der Waals surface area contributed by atoms with Crippen molar-refractivity contribution in [3.63, 3.8) is 0 Å². The van der Waals surface area contributed by atoms with Crippen LogP contribution in [0.25, 0.3) is 5.69 Å². The summed E-state index contributed by atoms with van der Waals surface area (Å²) in [5.74, 6) is 0. The van der Waals surface area contributed by atoms with Crippen LogP contribution in [-0.2, 0) is 6.42 Å². The zero-order valence-corrected chi connectivity index (χ0v) is 10.6. The Morgan fingerprint density at radius 1 is 1.50 bits per heavy atom. The minimum absolute atomic E-state index is 0.170. The molecule has 0 spiro atoms. The zero-order chi connectivity index (χ0) is 11.5. The maximum absolute atomic E-state index is 5.76. The van der Waals surface area contributed by atoms with Crippen molar-refractivity contribution in [2.24, 2.45) is 5.73 Å². The van der Waals surface area contributed by atoms with E-state index in [-0.39, 0.29) is 6.04 Å². The highest BCUT2D eigenvalue weighted by Gasteiger charge is 2.05. The lowest BCUT2D eigenvalue weighted by molar-refractivity contribution is 0.737. The number of hydrogen-bond donors (Lipinski definition) is 1. The highest BCUT2D eigenvalue weighted by molar-refractivity contribution is 9.10. The Balaban J connectivity index is 2.30. The Bertz CT molecular complexity index is 465. The second-order valence-electron chi connectivity index (χ2n) is 3.81. The van der Waals surface area contributed by atoms with Gasteiger partial charge in [0.25, 0.3) is 0 Å². The third-order valence-corrected chi connectivity index (χ3v) is 2.87. The van der Waals surface area contributed by atoms with E-state index in [4.69, 9.17) is 5.73 Å². The molecule has 1 aromatic carbocycles. The molecule has 1 heterocycles. The molecular formula is C11H13BrN4. The van der Waals surface area contributed by atoms with Gasteiger partial charge in [0.15, 0.2) is 0 Å². The van der Waals surface area contributed by atoms with Crippen LogP contribution in [0.2, 0.25) is 0 Å². The predicted octanol–water partition coefficient (Wildman–Crippen LogP) is 1.92. The smallest absolute Gasteiger partial charge is 0.138 e. The van der Waals surface area contributed by atoms with Crippen LogP contribution in [0.15, 0.2) is 35.3 Å². The number of nitrogens with zero attached hydrogens (tertiary/aromatic N) is 3. The van der Waals surface area contributed by atoms with Crippen LogP contribution >= 0.6 is 15.9 Å². The van der Waals surface area contributed by atoms with Crippen molar-refractivity contribution in [2.75, 3.05) is 0 Å². The summed E-state index contributed by atoms with van der Waals surface area (Å²) >= 11 is 3.53. The topological polar surface area (TPSA) is 56.7 Å². The van der Waals surface area contributed by atoms with E-state index < -0.39 is 0 Å². The molecule has 0 radical (unpaired) electrons. The van der Waals surface area contributed by atoms with Crippen LogP contribution in [0.4, 0.5) is 0 Å². The summed E-state index contributed by atoms with van der Waals surface area (Å²) in [4.78, 5) is 3.92. The number of aromatic nitrogens is 3. The normalized spacial score (nSPS) is 12.7. The molecule has 1 unspecified atom stereocenters. The van der Waals surface area contributed by atoms with Gasteiger partial charge in [0.2, 0.25) is 0 Å². The molecule has 0 saturated heterocycles. The molecule has 2 aromatic rings. The number of halogens is 1. The second kappa shape index (κ2) is 4.76. The van der Waals surface area contributed by atoms with E-state index in [2.05, 4.69) is 38.1 Å². The molecule has 5 heteroatoms. The molecule has 0 fully saturated rings. The molecule has 0 saturated carbocycles. The number of hydrogen-bond acceptors (Lipinski definition) is 3. The molecule has 16 heavy (non-hydrogen) atoms. The first kappa shape index (κ1) is 11.3. The quantitative estimate of drug-likeness (QED) is 0.935. The first-order chi connectivity index (χ1) is 7.66. The van der Waals surface area contributed by atoms with Crippen molar-refractivity contribution in [1.82, 2.24) is 14.8 Å². The van der Waals surface area contributed by atoms with Crippen LogP contribution < -0.4 is 5.73 Å². The summed E-state index contributed by atoms with van der Waals surface area (Å²) in [6.45, 7) is 2.00. The fourth-order valence-electron chi connectivity index (χ4n) is 1.57. The fourth-order valence-corrected chi connectivity index (χ4v) is 2.18. The fraction of sp³-hybridized carbons (Fsp3) is 0.273. The number of nitrogens with two attached hydrogens (primary N) is 1. The highest BCUT2D eigenvalue weighted by Crippen LogP contribution is 2.22. The van der Waals surface area contributed by atoms with Crippen LogP contribution in [0.1, 0.15) is 12.5 Å². The van der Waals surface area contributed by atoms with Gasteiger partial charge in [-0.05, 0) is 47.0 Å². The van der Waals surface area contributed by atoms with E-state index in [0.717, 1.165) is 16.6 Å². The van der Waals surface area contributed by atoms with Gasteiger partial charge in [0.1, 0.15) is 12.7 Å². The lowest BCUT2D eigenvalue weighted by atomic mass is 10.1. The van der Waals surface area contributed by atoms with E-state index in [1.54, 1.807) is 11.0 Å². The van der Waals surface area contributed by atoms with Gasteiger partial charge in [-0.1, -0.05) is 6.07 Å². The Morgan fingerprint density at radius 3 is 2.88 bits per heavy atom. The third kappa shape index (κ3) is 2.48. The highest BCUT2D eigenvalue weighted by atomic mass is 79.9. The minimum atomic E-state index is 0.170. The van der Waals surface area contributed by atoms with Gasteiger partial charge in [-0.3, -0.25) is 0 Å². The lowest BCUT2D eigenvalue weighted by Crippen LogP contribution is -2.17. The van der Waals surface area contributed by atoms with Crippen molar-refractivity contribution in [2.45, 2.75) is 19.4 Å². The lowest BCUT2D eigenvalue weighted by Gasteiger charge is -2.08. The largest absolute Gasteiger partial charge is 0.328 e. The number of benzene rings is 1. The van der Waals surface area contributed by atoms with Gasteiger partial charge < -0.3 is 5.73 Å². The standard InChI is InChI=1S/C11H13BrN4/c1-8(13)4-9-2-3-11(10(12)5-9)16-7-14-6-15-16/h2-3,5-8H,4,13H2,1H3. The molecule has 1 aromatic heterocycles. The molecule has 0 amide bonds. The van der Waals surface area contributed by atoms with Gasteiger partial charge in [-0.25, -0.2) is 9.67 Å². The summed E-state index contributed by atoms with van der Waals surface area (Å²) in [5, 5.41) is 4.09. The summed E-state index contributed by atoms with van der Waals surface area (Å²) in [6.07, 6.45) is 4.06. The summed E-state index contributed by atoms with van der Waals surface area (Å²) in [6, 6.07) is 6.31. The molecule has 2 rings (SSSR count). The van der Waals surface area contributed by atoms with Crippen LogP contribution in [0.5, 0.6) is 0 Å². The molecule has 2 N–H and O–H groups in total. The van der Waals surface area contributed by atoms with Gasteiger partial charge in [0.05, 0.1) is 5.69 Å². The molecule has 0 aliphatic heterocycles. The third-order valence-electron chi connectivity index (χ3n) is 2.24. The summed E-state index contributed by atoms with van der Waals surface area (Å²) < 4.78 is 2.72. The van der Waals surface area contributed by atoms with Crippen LogP contribution in [0, 0.1) is 0 Å². The second-order valence-corrected chi connectivity index (χ2v) is 4.66. The first-order valence-electron chi connectivity index (χ1n) is 5.06. The Labute approximate surface area is 103 Å². The molecule has 84 valence electrons. The van der Waals surface area contributed by atoms with Gasteiger partial charge in [-0.2, -0.15) is 5.10 Å². The average molecular weight is 281 g/mol. The van der Waals surface area contributed by atoms with Crippen molar-refractivity contribution < 1.29 is 0 Å². The van der Waals surface area contributed by atoms with E-state index in [1.807, 2.05) is 13.0 Å². The van der Waals surface area contributed by atoms with Gasteiger partial charge in [0, 0.05) is 10.5 Å². The Morgan fingerprint density at radius 2 is 2.31 bits per heavy atom. The zero-order valence-electron chi connectivity index (χ0n) is 8.97. The molecular weight excluding hydrogens is 268 g/mol. The molecule has 0 bridgehead atoms. The van der Waals surface area contributed by atoms with Crippen molar-refractivity contribution in [3.05, 3.63) is 40.9 Å². The molecule has 0 aliphatic rings. The van der Waals surface area contributed by atoms with Crippen molar-refractivity contribution in [3.8, 4) is 5.69 Å². The SMILES string of the molecule is CC(N)Cc1ccc(-n2cncn2)c(Br)c1. The van der Waals surface area contributed by atoms with Crippen molar-refractivity contribution in [1.29, 1.82) is 0 Å². The summed E-state index contributed by atoms with van der Waals surface area (Å²) in [5.41, 5.74) is 7.96. The van der Waals surface area contributed by atoms with Crippen LogP contribution in [-0.4, -0.2) is 20.8 Å². The van der Waals surface area contributed by atoms with E-state index in [1.165, 1.54) is 11.9 Å². The summed E-state index contributed by atoms with van der Waals surface area (Å²) in [7, 11) is 0. The monoisotopic (exact) mass is 280 g/mol. The average Bonchev–Trinajstić information content (AvgIpc) is 2.69. The van der Waals surface area contributed by atoms with Gasteiger partial charge in [-0.15, -0.1) is 0 Å². The van der Waals surface area contributed by atoms with E-state index in [9.17, 15) is 0 Å².